The van der Waals surface area contributed by atoms with Gasteiger partial charge in [0.2, 0.25) is 5.91 Å². The zero-order valence-electron chi connectivity index (χ0n) is 11.2. The summed E-state index contributed by atoms with van der Waals surface area (Å²) in [6, 6.07) is 0. The van der Waals surface area contributed by atoms with Crippen LogP contribution >= 0.6 is 12.4 Å². The Morgan fingerprint density at radius 2 is 1.82 bits per heavy atom. The SMILES string of the molecule is CN(CCC1CCNCC1)CC(=O)N(C)C.Cl. The molecule has 0 spiro atoms. The molecule has 0 aromatic rings. The van der Waals surface area contributed by atoms with E-state index in [4.69, 9.17) is 0 Å². The molecule has 1 rings (SSSR count). The zero-order chi connectivity index (χ0) is 12.0. The molecule has 1 aliphatic heterocycles. The fourth-order valence-corrected chi connectivity index (χ4v) is 2.02. The smallest absolute Gasteiger partial charge is 0.236 e. The number of carbonyl (C=O) groups is 1. The predicted octanol–water partition coefficient (Wildman–Crippen LogP) is 0.818. The molecule has 0 aromatic carbocycles. The zero-order valence-corrected chi connectivity index (χ0v) is 12.1. The Kier molecular flexibility index (Phi) is 8.56. The van der Waals surface area contributed by atoms with Gasteiger partial charge in [-0.3, -0.25) is 9.69 Å². The summed E-state index contributed by atoms with van der Waals surface area (Å²) in [5, 5.41) is 3.38. The van der Waals surface area contributed by atoms with Crippen LogP contribution in [0, 0.1) is 5.92 Å². The van der Waals surface area contributed by atoms with E-state index in [9.17, 15) is 4.79 Å². The van der Waals surface area contributed by atoms with Crippen molar-refractivity contribution in [1.29, 1.82) is 0 Å². The minimum absolute atomic E-state index is 0. The third-order valence-corrected chi connectivity index (χ3v) is 3.28. The van der Waals surface area contributed by atoms with Gasteiger partial charge < -0.3 is 10.2 Å². The van der Waals surface area contributed by atoms with Gasteiger partial charge in [-0.15, -0.1) is 12.4 Å². The van der Waals surface area contributed by atoms with Crippen LogP contribution in [0.25, 0.3) is 0 Å². The quantitative estimate of drug-likeness (QED) is 0.798. The van der Waals surface area contributed by atoms with E-state index in [0.29, 0.717) is 6.54 Å². The summed E-state index contributed by atoms with van der Waals surface area (Å²) in [4.78, 5) is 15.3. The van der Waals surface area contributed by atoms with Gasteiger partial charge in [0, 0.05) is 14.1 Å². The largest absolute Gasteiger partial charge is 0.348 e. The number of piperidine rings is 1. The van der Waals surface area contributed by atoms with Crippen molar-refractivity contribution in [1.82, 2.24) is 15.1 Å². The van der Waals surface area contributed by atoms with Crippen LogP contribution in [0.5, 0.6) is 0 Å². The number of carbonyl (C=O) groups excluding carboxylic acids is 1. The highest BCUT2D eigenvalue weighted by molar-refractivity contribution is 5.85. The lowest BCUT2D eigenvalue weighted by Crippen LogP contribution is -2.36. The molecule has 0 aliphatic carbocycles. The van der Waals surface area contributed by atoms with E-state index >= 15 is 0 Å². The van der Waals surface area contributed by atoms with Gasteiger partial charge in [-0.1, -0.05) is 0 Å². The van der Waals surface area contributed by atoms with Crippen molar-refractivity contribution in [3.63, 3.8) is 0 Å². The Balaban J connectivity index is 0.00000256. The van der Waals surface area contributed by atoms with Crippen molar-refractivity contribution in [3.8, 4) is 0 Å². The second kappa shape index (κ2) is 8.72. The van der Waals surface area contributed by atoms with Gasteiger partial charge in [0.05, 0.1) is 6.54 Å². The molecule has 1 aliphatic rings. The van der Waals surface area contributed by atoms with Crippen molar-refractivity contribution >= 4 is 18.3 Å². The van der Waals surface area contributed by atoms with Crippen LogP contribution in [0.1, 0.15) is 19.3 Å². The summed E-state index contributed by atoms with van der Waals surface area (Å²) in [6.07, 6.45) is 3.80. The highest BCUT2D eigenvalue weighted by Gasteiger charge is 2.14. The van der Waals surface area contributed by atoms with Gasteiger partial charge in [-0.25, -0.2) is 0 Å². The average Bonchev–Trinajstić information content (AvgIpc) is 2.27. The van der Waals surface area contributed by atoms with Crippen molar-refractivity contribution in [2.24, 2.45) is 5.92 Å². The summed E-state index contributed by atoms with van der Waals surface area (Å²) < 4.78 is 0. The standard InChI is InChI=1S/C12H25N3O.ClH/c1-14(2)12(16)10-15(3)9-6-11-4-7-13-8-5-11;/h11,13H,4-10H2,1-3H3;1H. The monoisotopic (exact) mass is 263 g/mol. The lowest BCUT2D eigenvalue weighted by atomic mass is 9.94. The molecule has 1 fully saturated rings. The van der Waals surface area contributed by atoms with Crippen LogP contribution in [-0.4, -0.2) is 63.0 Å². The molecule has 102 valence electrons. The molecule has 4 nitrogen and oxygen atoms in total. The van der Waals surface area contributed by atoms with E-state index in [1.807, 2.05) is 21.1 Å². The first-order valence-electron chi connectivity index (χ1n) is 6.19. The highest BCUT2D eigenvalue weighted by Crippen LogP contribution is 2.15. The number of hydrogen-bond donors (Lipinski definition) is 1. The van der Waals surface area contributed by atoms with Crippen molar-refractivity contribution < 1.29 is 4.79 Å². The first-order valence-corrected chi connectivity index (χ1v) is 6.19. The highest BCUT2D eigenvalue weighted by atomic mass is 35.5. The van der Waals surface area contributed by atoms with Gasteiger partial charge in [-0.2, -0.15) is 0 Å². The van der Waals surface area contributed by atoms with E-state index in [0.717, 1.165) is 25.6 Å². The van der Waals surface area contributed by atoms with E-state index in [1.54, 1.807) is 4.90 Å². The van der Waals surface area contributed by atoms with Gasteiger partial charge in [0.25, 0.3) is 0 Å². The van der Waals surface area contributed by atoms with E-state index < -0.39 is 0 Å². The number of amides is 1. The van der Waals surface area contributed by atoms with E-state index in [-0.39, 0.29) is 18.3 Å². The molecule has 17 heavy (non-hydrogen) atoms. The lowest BCUT2D eigenvalue weighted by Gasteiger charge is -2.25. The van der Waals surface area contributed by atoms with Crippen LogP contribution in [0.15, 0.2) is 0 Å². The minimum atomic E-state index is 0. The summed E-state index contributed by atoms with van der Waals surface area (Å²) in [7, 11) is 5.65. The summed E-state index contributed by atoms with van der Waals surface area (Å²) in [6.45, 7) is 3.89. The number of nitrogens with one attached hydrogen (secondary N) is 1. The Bertz CT molecular complexity index is 218. The maximum atomic E-state index is 11.5. The molecule has 0 unspecified atom stereocenters. The van der Waals surface area contributed by atoms with Crippen LogP contribution in [0.3, 0.4) is 0 Å². The molecule has 1 N–H and O–H groups in total. The van der Waals surface area contributed by atoms with E-state index in [1.165, 1.54) is 19.3 Å². The summed E-state index contributed by atoms with van der Waals surface area (Å²) >= 11 is 0. The molecule has 1 amide bonds. The summed E-state index contributed by atoms with van der Waals surface area (Å²) in [5.74, 6) is 1.03. The lowest BCUT2D eigenvalue weighted by molar-refractivity contribution is -0.129. The fraction of sp³-hybridized carbons (Fsp3) is 0.917. The second-order valence-corrected chi connectivity index (χ2v) is 5.01. The molecule has 0 atom stereocenters. The maximum absolute atomic E-state index is 11.5. The molecule has 1 saturated heterocycles. The van der Waals surface area contributed by atoms with Crippen LogP contribution in [-0.2, 0) is 4.79 Å². The topological polar surface area (TPSA) is 35.6 Å². The third-order valence-electron chi connectivity index (χ3n) is 3.28. The predicted molar refractivity (Wildman–Crippen MR) is 73.6 cm³/mol. The van der Waals surface area contributed by atoms with Crippen molar-refractivity contribution in [3.05, 3.63) is 0 Å². The Morgan fingerprint density at radius 1 is 1.24 bits per heavy atom. The van der Waals surface area contributed by atoms with E-state index in [2.05, 4.69) is 10.2 Å². The van der Waals surface area contributed by atoms with Crippen LogP contribution in [0.2, 0.25) is 0 Å². The maximum Gasteiger partial charge on any atom is 0.236 e. The number of likely N-dealkylation sites (N-methyl/N-ethyl adjacent to an activating group) is 2. The molecule has 0 bridgehead atoms. The third kappa shape index (κ3) is 6.86. The summed E-state index contributed by atoms with van der Waals surface area (Å²) in [5.41, 5.74) is 0. The number of halogens is 1. The average molecular weight is 264 g/mol. The van der Waals surface area contributed by atoms with Gasteiger partial charge in [-0.05, 0) is 51.9 Å². The first-order chi connectivity index (χ1) is 7.59. The molecule has 0 radical (unpaired) electrons. The van der Waals surface area contributed by atoms with Gasteiger partial charge in [0.1, 0.15) is 0 Å². The second-order valence-electron chi connectivity index (χ2n) is 5.01. The first kappa shape index (κ1) is 16.7. The molecular formula is C12H26ClN3O. The molecule has 0 aromatic heterocycles. The molecule has 1 heterocycles. The number of nitrogens with zero attached hydrogens (tertiary/aromatic N) is 2. The molecular weight excluding hydrogens is 238 g/mol. The van der Waals surface area contributed by atoms with Crippen LogP contribution < -0.4 is 5.32 Å². The Morgan fingerprint density at radius 3 is 2.35 bits per heavy atom. The molecule has 0 saturated carbocycles. The minimum Gasteiger partial charge on any atom is -0.348 e. The van der Waals surface area contributed by atoms with Crippen LogP contribution in [0.4, 0.5) is 0 Å². The van der Waals surface area contributed by atoms with Gasteiger partial charge >= 0.3 is 0 Å². The van der Waals surface area contributed by atoms with Crippen molar-refractivity contribution in [2.75, 3.05) is 47.3 Å². The Labute approximate surface area is 111 Å². The molecule has 5 heteroatoms. The number of hydrogen-bond acceptors (Lipinski definition) is 3. The number of rotatable bonds is 5. The normalized spacial score (nSPS) is 16.7. The fourth-order valence-electron chi connectivity index (χ4n) is 2.02. The van der Waals surface area contributed by atoms with Gasteiger partial charge in [0.15, 0.2) is 0 Å². The van der Waals surface area contributed by atoms with Crippen molar-refractivity contribution in [2.45, 2.75) is 19.3 Å². The Hall–Kier alpha value is -0.320.